The molecule has 0 aromatic heterocycles. The summed E-state index contributed by atoms with van der Waals surface area (Å²) in [5, 5.41) is 9.30. The van der Waals surface area contributed by atoms with Gasteiger partial charge in [0.25, 0.3) is 0 Å². The van der Waals surface area contributed by atoms with E-state index < -0.39 is 0 Å². The normalized spacial score (nSPS) is 30.8. The number of aliphatic hydroxyl groups excluding tert-OH is 1. The van der Waals surface area contributed by atoms with Crippen molar-refractivity contribution in [3.05, 3.63) is 24.3 Å². The average molecular weight is 124 g/mol. The van der Waals surface area contributed by atoms with E-state index in [1.54, 1.807) is 6.08 Å². The molecule has 0 aromatic rings. The molecule has 1 aliphatic rings. The van der Waals surface area contributed by atoms with Crippen molar-refractivity contribution in [1.82, 2.24) is 0 Å². The first-order valence-corrected chi connectivity index (χ1v) is 3.17. The Labute approximate surface area is 55.7 Å². The standard InChI is InChI=1S/C8H12O/c1-8(2)6-4-3-5-7(8)9/h3-7,9H,1-2H3/t7-/m1/s1. The van der Waals surface area contributed by atoms with E-state index in [1.807, 2.05) is 32.1 Å². The topological polar surface area (TPSA) is 20.2 Å². The molecule has 0 heterocycles. The van der Waals surface area contributed by atoms with Crippen LogP contribution in [0.4, 0.5) is 0 Å². The number of rotatable bonds is 0. The Bertz CT molecular complexity index is 154. The highest BCUT2D eigenvalue weighted by atomic mass is 16.3. The molecule has 0 bridgehead atoms. The maximum Gasteiger partial charge on any atom is 0.0809 e. The van der Waals surface area contributed by atoms with Crippen molar-refractivity contribution < 1.29 is 5.11 Å². The van der Waals surface area contributed by atoms with E-state index in [9.17, 15) is 5.11 Å². The third-order valence-electron chi connectivity index (χ3n) is 1.69. The SMILES string of the molecule is CC1(C)C=CC=C[C@H]1O. The molecule has 0 aliphatic heterocycles. The predicted octanol–water partition coefficient (Wildman–Crippen LogP) is 1.50. The molecule has 1 N–H and O–H groups in total. The third-order valence-corrected chi connectivity index (χ3v) is 1.69. The molecule has 1 aliphatic carbocycles. The van der Waals surface area contributed by atoms with Crippen molar-refractivity contribution in [3.63, 3.8) is 0 Å². The van der Waals surface area contributed by atoms with Crippen LogP contribution in [0.3, 0.4) is 0 Å². The van der Waals surface area contributed by atoms with E-state index in [0.29, 0.717) is 0 Å². The molecule has 0 saturated heterocycles. The summed E-state index contributed by atoms with van der Waals surface area (Å²) in [4.78, 5) is 0. The number of hydrogen-bond acceptors (Lipinski definition) is 1. The van der Waals surface area contributed by atoms with Gasteiger partial charge in [-0.05, 0) is 0 Å². The Morgan fingerprint density at radius 3 is 2.33 bits per heavy atom. The Morgan fingerprint density at radius 2 is 2.00 bits per heavy atom. The summed E-state index contributed by atoms with van der Waals surface area (Å²) in [7, 11) is 0. The monoisotopic (exact) mass is 124 g/mol. The highest BCUT2D eigenvalue weighted by Crippen LogP contribution is 2.25. The van der Waals surface area contributed by atoms with Gasteiger partial charge in [-0.25, -0.2) is 0 Å². The fourth-order valence-corrected chi connectivity index (χ4v) is 0.820. The van der Waals surface area contributed by atoms with Crippen molar-refractivity contribution in [2.75, 3.05) is 0 Å². The average Bonchev–Trinajstić information content (AvgIpc) is 1.77. The first-order valence-electron chi connectivity index (χ1n) is 3.17. The lowest BCUT2D eigenvalue weighted by atomic mass is 9.83. The highest BCUT2D eigenvalue weighted by molar-refractivity contribution is 5.18. The van der Waals surface area contributed by atoms with E-state index in [-0.39, 0.29) is 11.5 Å². The van der Waals surface area contributed by atoms with Crippen molar-refractivity contribution in [3.8, 4) is 0 Å². The van der Waals surface area contributed by atoms with Gasteiger partial charge in [0.15, 0.2) is 0 Å². The van der Waals surface area contributed by atoms with E-state index >= 15 is 0 Å². The van der Waals surface area contributed by atoms with Crippen LogP contribution in [0.5, 0.6) is 0 Å². The van der Waals surface area contributed by atoms with Crippen LogP contribution in [0.2, 0.25) is 0 Å². The summed E-state index contributed by atoms with van der Waals surface area (Å²) >= 11 is 0. The molecule has 0 fully saturated rings. The molecule has 0 spiro atoms. The Balaban J connectivity index is 2.78. The van der Waals surface area contributed by atoms with Gasteiger partial charge < -0.3 is 5.11 Å². The van der Waals surface area contributed by atoms with Gasteiger partial charge in [-0.2, -0.15) is 0 Å². The fraction of sp³-hybridized carbons (Fsp3) is 0.500. The van der Waals surface area contributed by atoms with Crippen LogP contribution >= 0.6 is 0 Å². The van der Waals surface area contributed by atoms with Crippen LogP contribution in [-0.2, 0) is 0 Å². The van der Waals surface area contributed by atoms with Crippen molar-refractivity contribution in [2.24, 2.45) is 5.41 Å². The molecule has 0 amide bonds. The maximum atomic E-state index is 9.30. The van der Waals surface area contributed by atoms with E-state index in [0.717, 1.165) is 0 Å². The molecular weight excluding hydrogens is 112 g/mol. The molecule has 0 aromatic carbocycles. The predicted molar refractivity (Wildman–Crippen MR) is 38.1 cm³/mol. The summed E-state index contributed by atoms with van der Waals surface area (Å²) in [6.07, 6.45) is 7.34. The minimum Gasteiger partial charge on any atom is -0.388 e. The van der Waals surface area contributed by atoms with Gasteiger partial charge in [-0.15, -0.1) is 0 Å². The fourth-order valence-electron chi connectivity index (χ4n) is 0.820. The molecule has 1 heteroatoms. The van der Waals surface area contributed by atoms with E-state index in [2.05, 4.69) is 0 Å². The van der Waals surface area contributed by atoms with Gasteiger partial charge in [0.05, 0.1) is 6.10 Å². The van der Waals surface area contributed by atoms with Crippen molar-refractivity contribution >= 4 is 0 Å². The molecular formula is C8H12O. The second-order valence-corrected chi connectivity index (χ2v) is 3.01. The quantitative estimate of drug-likeness (QED) is 0.519. The molecule has 0 unspecified atom stereocenters. The first kappa shape index (κ1) is 6.56. The second kappa shape index (κ2) is 1.99. The molecule has 0 saturated carbocycles. The van der Waals surface area contributed by atoms with E-state index in [4.69, 9.17) is 0 Å². The third kappa shape index (κ3) is 1.22. The van der Waals surface area contributed by atoms with Gasteiger partial charge >= 0.3 is 0 Å². The number of hydrogen-bond donors (Lipinski definition) is 1. The lowest BCUT2D eigenvalue weighted by Crippen LogP contribution is -2.26. The van der Waals surface area contributed by atoms with Gasteiger partial charge in [0.1, 0.15) is 0 Å². The summed E-state index contributed by atoms with van der Waals surface area (Å²) in [6, 6.07) is 0. The van der Waals surface area contributed by atoms with Gasteiger partial charge in [0.2, 0.25) is 0 Å². The summed E-state index contributed by atoms with van der Waals surface area (Å²) < 4.78 is 0. The zero-order chi connectivity index (χ0) is 6.91. The zero-order valence-electron chi connectivity index (χ0n) is 5.83. The van der Waals surface area contributed by atoms with Crippen LogP contribution < -0.4 is 0 Å². The summed E-state index contributed by atoms with van der Waals surface area (Å²) in [6.45, 7) is 4.02. The van der Waals surface area contributed by atoms with Gasteiger partial charge in [-0.1, -0.05) is 38.2 Å². The molecule has 9 heavy (non-hydrogen) atoms. The zero-order valence-corrected chi connectivity index (χ0v) is 5.83. The van der Waals surface area contributed by atoms with Gasteiger partial charge in [-0.3, -0.25) is 0 Å². The Morgan fingerprint density at radius 1 is 1.33 bits per heavy atom. The molecule has 1 atom stereocenters. The van der Waals surface area contributed by atoms with Crippen molar-refractivity contribution in [2.45, 2.75) is 20.0 Å². The minimum absolute atomic E-state index is 0.0747. The molecule has 1 nitrogen and oxygen atoms in total. The number of allylic oxidation sites excluding steroid dienone is 2. The molecule has 0 radical (unpaired) electrons. The molecule has 50 valence electrons. The summed E-state index contributed by atoms with van der Waals surface area (Å²) in [5.41, 5.74) is -0.0747. The lowest BCUT2D eigenvalue weighted by Gasteiger charge is -2.26. The van der Waals surface area contributed by atoms with Gasteiger partial charge in [0, 0.05) is 5.41 Å². The maximum absolute atomic E-state index is 9.30. The minimum atomic E-state index is -0.317. The second-order valence-electron chi connectivity index (χ2n) is 3.01. The molecule has 1 rings (SSSR count). The highest BCUT2D eigenvalue weighted by Gasteiger charge is 2.23. The smallest absolute Gasteiger partial charge is 0.0809 e. The Kier molecular flexibility index (Phi) is 1.45. The van der Waals surface area contributed by atoms with Crippen LogP contribution in [0.15, 0.2) is 24.3 Å². The Hall–Kier alpha value is -0.560. The van der Waals surface area contributed by atoms with Crippen molar-refractivity contribution in [1.29, 1.82) is 0 Å². The summed E-state index contributed by atoms with van der Waals surface area (Å²) in [5.74, 6) is 0. The van der Waals surface area contributed by atoms with Crippen LogP contribution in [0, 0.1) is 5.41 Å². The van der Waals surface area contributed by atoms with E-state index in [1.165, 1.54) is 0 Å². The number of aliphatic hydroxyl groups is 1. The lowest BCUT2D eigenvalue weighted by molar-refractivity contribution is 0.124. The van der Waals surface area contributed by atoms with Crippen LogP contribution in [-0.4, -0.2) is 11.2 Å². The first-order chi connectivity index (χ1) is 4.13. The largest absolute Gasteiger partial charge is 0.388 e. The van der Waals surface area contributed by atoms with Crippen LogP contribution in [0.1, 0.15) is 13.8 Å². The van der Waals surface area contributed by atoms with Crippen LogP contribution in [0.25, 0.3) is 0 Å².